The van der Waals surface area contributed by atoms with Gasteiger partial charge in [-0.05, 0) is 25.2 Å². The Morgan fingerprint density at radius 2 is 1.59 bits per heavy atom. The molecule has 0 bridgehead atoms. The third-order valence-corrected chi connectivity index (χ3v) is 3.61. The van der Waals surface area contributed by atoms with Crippen LogP contribution >= 0.6 is 69.6 Å². The molecule has 0 aliphatic carbocycles. The van der Waals surface area contributed by atoms with Crippen LogP contribution in [0.4, 0.5) is 0 Å². The van der Waals surface area contributed by atoms with Crippen LogP contribution < -0.4 is 0 Å². The zero-order valence-electron chi connectivity index (χ0n) is 11.0. The summed E-state index contributed by atoms with van der Waals surface area (Å²) in [5.74, 6) is 0.797. The van der Waals surface area contributed by atoms with E-state index in [-0.39, 0.29) is 23.6 Å². The lowest BCUT2D eigenvalue weighted by Gasteiger charge is -2.14. The van der Waals surface area contributed by atoms with Gasteiger partial charge >= 0.3 is 0 Å². The van der Waals surface area contributed by atoms with E-state index in [4.69, 9.17) is 74.3 Å². The Morgan fingerprint density at radius 1 is 1.05 bits per heavy atom. The molecule has 1 aromatic rings. The number of hydrogen-bond donors (Lipinski definition) is 0. The largest absolute Gasteiger partial charge is 0.491 e. The van der Waals surface area contributed by atoms with E-state index in [2.05, 4.69) is 15.0 Å². The fraction of sp³-hybridized carbons (Fsp3) is 0.417. The summed E-state index contributed by atoms with van der Waals surface area (Å²) in [6.45, 7) is 1.87. The first-order valence-electron chi connectivity index (χ1n) is 5.98. The van der Waals surface area contributed by atoms with Crippen molar-refractivity contribution in [2.45, 2.75) is 27.0 Å². The third-order valence-electron chi connectivity index (χ3n) is 2.59. The maximum atomic E-state index is 5.79. The summed E-state index contributed by atoms with van der Waals surface area (Å²) >= 11 is 34.7. The van der Waals surface area contributed by atoms with Crippen LogP contribution in [0.1, 0.15) is 30.8 Å². The molecule has 1 atom stereocenters. The van der Waals surface area contributed by atoms with Crippen molar-refractivity contribution in [1.82, 2.24) is 15.0 Å². The molecule has 0 saturated heterocycles. The van der Waals surface area contributed by atoms with Gasteiger partial charge in [-0.3, -0.25) is 0 Å². The van der Waals surface area contributed by atoms with Crippen molar-refractivity contribution in [2.75, 3.05) is 0 Å². The van der Waals surface area contributed by atoms with E-state index in [0.29, 0.717) is 0 Å². The van der Waals surface area contributed by atoms with Crippen LogP contribution in [0.3, 0.4) is 0 Å². The number of ether oxygens (including phenoxy) is 1. The molecule has 0 aromatic carbocycles. The van der Waals surface area contributed by atoms with E-state index in [1.165, 1.54) is 0 Å². The maximum absolute atomic E-state index is 5.79. The number of nitrogens with zero attached hydrogens (tertiary/aromatic N) is 3. The molecule has 2 heterocycles. The fourth-order valence-corrected chi connectivity index (χ4v) is 2.16. The number of halogens is 6. The van der Waals surface area contributed by atoms with Crippen molar-refractivity contribution in [3.8, 4) is 0 Å². The van der Waals surface area contributed by atoms with Crippen molar-refractivity contribution in [1.29, 1.82) is 0 Å². The Hall–Kier alpha value is 0.0300. The molecule has 120 valence electrons. The molecule has 10 heteroatoms. The van der Waals surface area contributed by atoms with Crippen LogP contribution in [0.15, 0.2) is 17.9 Å². The van der Waals surface area contributed by atoms with Gasteiger partial charge in [-0.2, -0.15) is 0 Å². The number of aromatic nitrogens is 3. The first-order valence-corrected chi connectivity index (χ1v) is 8.24. The summed E-state index contributed by atoms with van der Waals surface area (Å²) in [5, 5.41) is 0. The molecule has 2 rings (SSSR count). The Morgan fingerprint density at radius 3 is 2.00 bits per heavy atom. The minimum Gasteiger partial charge on any atom is -0.491 e. The molecule has 0 spiro atoms. The maximum Gasteiger partial charge on any atom is 0.250 e. The summed E-state index contributed by atoms with van der Waals surface area (Å²) < 4.78 is 1.80. The highest BCUT2D eigenvalue weighted by Gasteiger charge is 2.33. The Kier molecular flexibility index (Phi) is 5.74. The fourth-order valence-electron chi connectivity index (χ4n) is 1.65. The van der Waals surface area contributed by atoms with Gasteiger partial charge in [0.1, 0.15) is 6.10 Å². The second-order valence-electron chi connectivity index (χ2n) is 4.40. The zero-order valence-corrected chi connectivity index (χ0v) is 15.6. The van der Waals surface area contributed by atoms with Gasteiger partial charge in [0.15, 0.2) is 17.5 Å². The molecule has 0 fully saturated rings. The molecule has 0 saturated carbocycles. The molecule has 1 aromatic heterocycles. The molecule has 1 aliphatic rings. The molecule has 1 unspecified atom stereocenters. The predicted octanol–water partition coefficient (Wildman–Crippen LogP) is 5.23. The zero-order chi connectivity index (χ0) is 16.5. The molecule has 22 heavy (non-hydrogen) atoms. The van der Waals surface area contributed by atoms with Crippen LogP contribution in [0.5, 0.6) is 0 Å². The van der Waals surface area contributed by atoms with E-state index in [0.717, 1.165) is 12.2 Å². The highest BCUT2D eigenvalue weighted by molar-refractivity contribution is 6.67. The van der Waals surface area contributed by atoms with Crippen LogP contribution in [-0.4, -0.2) is 21.1 Å². The van der Waals surface area contributed by atoms with Gasteiger partial charge in [0, 0.05) is 6.42 Å². The van der Waals surface area contributed by atoms with Crippen molar-refractivity contribution < 1.29 is 4.74 Å². The lowest BCUT2D eigenvalue weighted by Crippen LogP contribution is -2.17. The number of allylic oxidation sites excluding steroid dienone is 1. The molecular formula is C12H9Cl6N3O. The smallest absolute Gasteiger partial charge is 0.250 e. The van der Waals surface area contributed by atoms with E-state index in [9.17, 15) is 0 Å². The van der Waals surface area contributed by atoms with E-state index in [1.807, 2.05) is 13.0 Å². The lowest BCUT2D eigenvalue weighted by atomic mass is 10.2. The average molecular weight is 424 g/mol. The average Bonchev–Trinajstić information content (AvgIpc) is 2.80. The predicted molar refractivity (Wildman–Crippen MR) is 90.6 cm³/mol. The van der Waals surface area contributed by atoms with Crippen LogP contribution in [-0.2, 0) is 12.3 Å². The van der Waals surface area contributed by atoms with Gasteiger partial charge in [0.05, 0.1) is 5.76 Å². The quantitative estimate of drug-likeness (QED) is 0.611. The van der Waals surface area contributed by atoms with Gasteiger partial charge in [-0.15, -0.1) is 0 Å². The molecule has 0 N–H and O–H groups in total. The van der Waals surface area contributed by atoms with Gasteiger partial charge in [-0.25, -0.2) is 15.0 Å². The first kappa shape index (κ1) is 18.4. The van der Waals surface area contributed by atoms with Gasteiger partial charge < -0.3 is 4.74 Å². The monoisotopic (exact) mass is 421 g/mol. The minimum absolute atomic E-state index is 0.107. The summed E-state index contributed by atoms with van der Waals surface area (Å²) in [4.78, 5) is 12.0. The number of rotatable bonds is 2. The van der Waals surface area contributed by atoms with E-state index in [1.54, 1.807) is 12.2 Å². The van der Waals surface area contributed by atoms with Gasteiger partial charge in [-0.1, -0.05) is 69.6 Å². The highest BCUT2D eigenvalue weighted by atomic mass is 35.6. The SMILES string of the molecule is CC1=CCC(/C=C/c2nc(C(Cl)(Cl)Cl)nc(C(Cl)(Cl)Cl)n2)O1. The Labute approximate surface area is 157 Å². The molecule has 1 aliphatic heterocycles. The van der Waals surface area contributed by atoms with Crippen LogP contribution in [0.25, 0.3) is 6.08 Å². The van der Waals surface area contributed by atoms with Crippen molar-refractivity contribution in [3.05, 3.63) is 35.4 Å². The Balaban J connectivity index is 2.32. The number of alkyl halides is 6. The second kappa shape index (κ2) is 6.88. The lowest BCUT2D eigenvalue weighted by molar-refractivity contribution is 0.186. The van der Waals surface area contributed by atoms with E-state index < -0.39 is 7.59 Å². The van der Waals surface area contributed by atoms with Gasteiger partial charge in [0.25, 0.3) is 0 Å². The summed E-state index contributed by atoms with van der Waals surface area (Å²) in [7, 11) is 0. The summed E-state index contributed by atoms with van der Waals surface area (Å²) in [6.07, 6.45) is 5.99. The first-order chi connectivity index (χ1) is 10.1. The Bertz CT molecular complexity index is 588. The van der Waals surface area contributed by atoms with Crippen LogP contribution in [0, 0.1) is 0 Å². The summed E-state index contributed by atoms with van der Waals surface area (Å²) in [6, 6.07) is 0. The molecule has 4 nitrogen and oxygen atoms in total. The topological polar surface area (TPSA) is 47.9 Å². The van der Waals surface area contributed by atoms with Gasteiger partial charge in [0.2, 0.25) is 7.59 Å². The van der Waals surface area contributed by atoms with Crippen molar-refractivity contribution >= 4 is 75.7 Å². The normalized spacial score (nSPS) is 19.4. The second-order valence-corrected chi connectivity index (χ2v) is 8.96. The van der Waals surface area contributed by atoms with Crippen molar-refractivity contribution in [3.63, 3.8) is 0 Å². The third kappa shape index (κ3) is 5.02. The molecule has 0 amide bonds. The summed E-state index contributed by atoms with van der Waals surface area (Å²) in [5.41, 5.74) is 0. The van der Waals surface area contributed by atoms with E-state index >= 15 is 0 Å². The van der Waals surface area contributed by atoms with Crippen LogP contribution in [0.2, 0.25) is 0 Å². The minimum atomic E-state index is -1.86. The van der Waals surface area contributed by atoms with Crippen molar-refractivity contribution in [2.24, 2.45) is 0 Å². The molecule has 0 radical (unpaired) electrons. The molecular weight excluding hydrogens is 415 g/mol. The number of hydrogen-bond acceptors (Lipinski definition) is 4. The highest BCUT2D eigenvalue weighted by Crippen LogP contribution is 2.39. The standard InChI is InChI=1S/C12H9Cl6N3O/c1-6-2-3-7(22-6)4-5-8-19-9(11(13,14)15)21-10(20-8)12(16,17)18/h2,4-5,7H,3H2,1H3/b5-4+.